The SMILES string of the molecule is Clc1ncc(Cl)c(-c2cc3cccc(Br)c3s2)n1. The zero-order chi connectivity index (χ0) is 12.7. The molecule has 0 fully saturated rings. The second-order valence-electron chi connectivity index (χ2n) is 3.60. The second-order valence-corrected chi connectivity index (χ2v) is 6.26. The Bertz CT molecular complexity index is 742. The smallest absolute Gasteiger partial charge is 0.223 e. The summed E-state index contributed by atoms with van der Waals surface area (Å²) in [6, 6.07) is 8.11. The van der Waals surface area contributed by atoms with E-state index in [1.165, 1.54) is 10.9 Å². The third-order valence-electron chi connectivity index (χ3n) is 2.44. The van der Waals surface area contributed by atoms with Crippen molar-refractivity contribution in [3.63, 3.8) is 0 Å². The van der Waals surface area contributed by atoms with E-state index in [4.69, 9.17) is 23.2 Å². The van der Waals surface area contributed by atoms with Crippen molar-refractivity contribution in [2.45, 2.75) is 0 Å². The summed E-state index contributed by atoms with van der Waals surface area (Å²) in [5.41, 5.74) is 0.671. The lowest BCUT2D eigenvalue weighted by Gasteiger charge is -1.99. The first-order valence-corrected chi connectivity index (χ1v) is 7.38. The number of rotatable bonds is 1. The topological polar surface area (TPSA) is 25.8 Å². The third-order valence-corrected chi connectivity index (χ3v) is 5.02. The Morgan fingerprint density at radius 1 is 1.22 bits per heavy atom. The highest BCUT2D eigenvalue weighted by Gasteiger charge is 2.12. The zero-order valence-corrected chi connectivity index (χ0v) is 12.7. The first kappa shape index (κ1) is 12.4. The fourth-order valence-corrected chi connectivity index (χ4v) is 3.74. The Labute approximate surface area is 126 Å². The van der Waals surface area contributed by atoms with Crippen LogP contribution in [0.1, 0.15) is 0 Å². The average Bonchev–Trinajstić information content (AvgIpc) is 2.77. The fourth-order valence-electron chi connectivity index (χ4n) is 1.66. The molecule has 0 bridgehead atoms. The maximum absolute atomic E-state index is 6.11. The minimum absolute atomic E-state index is 0.200. The van der Waals surface area contributed by atoms with E-state index in [0.717, 1.165) is 14.7 Å². The van der Waals surface area contributed by atoms with Crippen LogP contribution < -0.4 is 0 Å². The monoisotopic (exact) mass is 358 g/mol. The molecule has 0 atom stereocenters. The molecule has 18 heavy (non-hydrogen) atoms. The molecule has 90 valence electrons. The van der Waals surface area contributed by atoms with E-state index in [-0.39, 0.29) is 5.28 Å². The molecule has 1 aromatic carbocycles. The molecular formula is C12H5BrCl2N2S. The molecule has 0 unspecified atom stereocenters. The molecule has 0 aliphatic carbocycles. The quantitative estimate of drug-likeness (QED) is 0.541. The number of nitrogens with zero attached hydrogens (tertiary/aromatic N) is 2. The van der Waals surface area contributed by atoms with Gasteiger partial charge >= 0.3 is 0 Å². The van der Waals surface area contributed by atoms with Gasteiger partial charge in [0.05, 0.1) is 16.1 Å². The van der Waals surface area contributed by atoms with E-state index in [2.05, 4.69) is 38.0 Å². The molecule has 2 aromatic heterocycles. The molecule has 0 amide bonds. The summed E-state index contributed by atoms with van der Waals surface area (Å²) in [5, 5.41) is 1.85. The summed E-state index contributed by atoms with van der Waals surface area (Å²) in [6.45, 7) is 0. The van der Waals surface area contributed by atoms with Crippen LogP contribution in [0.3, 0.4) is 0 Å². The second kappa shape index (κ2) is 4.78. The van der Waals surface area contributed by atoms with Gasteiger partial charge in [-0.25, -0.2) is 9.97 Å². The molecule has 2 heterocycles. The van der Waals surface area contributed by atoms with Crippen molar-refractivity contribution in [3.05, 3.63) is 45.2 Å². The minimum Gasteiger partial charge on any atom is -0.225 e. The maximum atomic E-state index is 6.11. The van der Waals surface area contributed by atoms with Crippen LogP contribution in [0.2, 0.25) is 10.3 Å². The van der Waals surface area contributed by atoms with Gasteiger partial charge in [-0.1, -0.05) is 23.7 Å². The predicted octanol–water partition coefficient (Wildman–Crippen LogP) is 5.43. The highest BCUT2D eigenvalue weighted by molar-refractivity contribution is 9.10. The molecular weight excluding hydrogens is 355 g/mol. The molecule has 0 N–H and O–H groups in total. The zero-order valence-electron chi connectivity index (χ0n) is 8.82. The molecule has 2 nitrogen and oxygen atoms in total. The van der Waals surface area contributed by atoms with E-state index in [1.54, 1.807) is 11.3 Å². The Morgan fingerprint density at radius 3 is 2.83 bits per heavy atom. The average molecular weight is 360 g/mol. The van der Waals surface area contributed by atoms with E-state index in [9.17, 15) is 0 Å². The molecule has 0 radical (unpaired) electrons. The van der Waals surface area contributed by atoms with Gasteiger partial charge in [0.25, 0.3) is 0 Å². The van der Waals surface area contributed by atoms with Crippen LogP contribution in [0.15, 0.2) is 34.9 Å². The van der Waals surface area contributed by atoms with Gasteiger partial charge in [-0.3, -0.25) is 0 Å². The molecule has 6 heteroatoms. The van der Waals surface area contributed by atoms with E-state index < -0.39 is 0 Å². The number of aromatic nitrogens is 2. The van der Waals surface area contributed by atoms with Crippen LogP contribution in [-0.2, 0) is 0 Å². The lowest BCUT2D eigenvalue weighted by Crippen LogP contribution is -1.86. The largest absolute Gasteiger partial charge is 0.225 e. The van der Waals surface area contributed by atoms with Crippen LogP contribution in [0.5, 0.6) is 0 Å². The molecule has 3 rings (SSSR count). The molecule has 0 aliphatic rings. The van der Waals surface area contributed by atoms with Crippen molar-refractivity contribution < 1.29 is 0 Å². The molecule has 0 aliphatic heterocycles. The van der Waals surface area contributed by atoms with Crippen molar-refractivity contribution in [1.82, 2.24) is 9.97 Å². The number of fused-ring (bicyclic) bond motifs is 1. The van der Waals surface area contributed by atoms with Crippen molar-refractivity contribution in [2.24, 2.45) is 0 Å². The Morgan fingerprint density at radius 2 is 2.06 bits per heavy atom. The van der Waals surface area contributed by atoms with Gasteiger partial charge in [-0.2, -0.15) is 0 Å². The van der Waals surface area contributed by atoms with Crippen LogP contribution in [-0.4, -0.2) is 9.97 Å². The number of hydrogen-bond donors (Lipinski definition) is 0. The summed E-state index contributed by atoms with van der Waals surface area (Å²) in [5.74, 6) is 0. The molecule has 0 saturated heterocycles. The van der Waals surface area contributed by atoms with Gasteiger partial charge in [-0.05, 0) is 45.0 Å². The third kappa shape index (κ3) is 2.14. The van der Waals surface area contributed by atoms with E-state index in [0.29, 0.717) is 10.7 Å². The van der Waals surface area contributed by atoms with Crippen molar-refractivity contribution in [2.75, 3.05) is 0 Å². The lowest BCUT2D eigenvalue weighted by molar-refractivity contribution is 1.18. The summed E-state index contributed by atoms with van der Waals surface area (Å²) < 4.78 is 2.23. The van der Waals surface area contributed by atoms with Crippen LogP contribution >= 0.6 is 50.5 Å². The van der Waals surface area contributed by atoms with Crippen LogP contribution in [0.25, 0.3) is 20.7 Å². The number of halogens is 3. The van der Waals surface area contributed by atoms with E-state index in [1.807, 2.05) is 12.1 Å². The van der Waals surface area contributed by atoms with Gasteiger partial charge in [0.2, 0.25) is 5.28 Å². The molecule has 0 saturated carbocycles. The van der Waals surface area contributed by atoms with Gasteiger partial charge < -0.3 is 0 Å². The summed E-state index contributed by atoms with van der Waals surface area (Å²) in [6.07, 6.45) is 1.52. The first-order chi connectivity index (χ1) is 8.65. The predicted molar refractivity (Wildman–Crippen MR) is 80.6 cm³/mol. The number of thiophene rings is 1. The van der Waals surface area contributed by atoms with Gasteiger partial charge in [0.1, 0.15) is 5.69 Å². The maximum Gasteiger partial charge on any atom is 0.223 e. The van der Waals surface area contributed by atoms with Gasteiger partial charge in [0.15, 0.2) is 0 Å². The van der Waals surface area contributed by atoms with Gasteiger partial charge in [0, 0.05) is 9.17 Å². The Hall–Kier alpha value is -0.680. The minimum atomic E-state index is 0.200. The number of hydrogen-bond acceptors (Lipinski definition) is 3. The van der Waals surface area contributed by atoms with E-state index >= 15 is 0 Å². The van der Waals surface area contributed by atoms with Crippen molar-refractivity contribution in [1.29, 1.82) is 0 Å². The highest BCUT2D eigenvalue weighted by Crippen LogP contribution is 2.38. The highest BCUT2D eigenvalue weighted by atomic mass is 79.9. The Kier molecular flexibility index (Phi) is 3.28. The van der Waals surface area contributed by atoms with Crippen molar-refractivity contribution >= 4 is 60.6 Å². The molecule has 0 spiro atoms. The summed E-state index contributed by atoms with van der Waals surface area (Å²) in [7, 11) is 0. The summed E-state index contributed by atoms with van der Waals surface area (Å²) >= 11 is 17.1. The van der Waals surface area contributed by atoms with Crippen LogP contribution in [0.4, 0.5) is 0 Å². The normalized spacial score (nSPS) is 11.1. The van der Waals surface area contributed by atoms with Crippen molar-refractivity contribution in [3.8, 4) is 10.6 Å². The molecule has 3 aromatic rings. The standard InChI is InChI=1S/C12H5BrCl2N2S/c13-7-3-1-2-6-4-9(18-11(6)7)10-8(14)5-16-12(15)17-10/h1-5H. The van der Waals surface area contributed by atoms with Crippen LogP contribution in [0, 0.1) is 0 Å². The number of benzene rings is 1. The summed E-state index contributed by atoms with van der Waals surface area (Å²) in [4.78, 5) is 9.02. The van der Waals surface area contributed by atoms with Gasteiger partial charge in [-0.15, -0.1) is 11.3 Å². The lowest BCUT2D eigenvalue weighted by atomic mass is 10.2. The first-order valence-electron chi connectivity index (χ1n) is 5.01. The Balaban J connectivity index is 2.26. The fraction of sp³-hybridized carbons (Fsp3) is 0.